The maximum absolute atomic E-state index is 14.4. The Balaban J connectivity index is 1.11. The van der Waals surface area contributed by atoms with Crippen LogP contribution in [0.2, 0.25) is 0 Å². The summed E-state index contributed by atoms with van der Waals surface area (Å²) >= 11 is 0. The third-order valence-corrected chi connectivity index (χ3v) is 9.76. The zero-order chi connectivity index (χ0) is 36.9. The van der Waals surface area contributed by atoms with E-state index in [1.54, 1.807) is 54.6 Å². The highest BCUT2D eigenvalue weighted by Crippen LogP contribution is 2.40. The Kier molecular flexibility index (Phi) is 6.93. The van der Waals surface area contributed by atoms with Crippen molar-refractivity contribution in [2.75, 3.05) is 11.9 Å². The third kappa shape index (κ3) is 4.77. The Morgan fingerprint density at radius 1 is 0.547 bits per heavy atom. The summed E-state index contributed by atoms with van der Waals surface area (Å²) in [6.07, 6.45) is 0. The van der Waals surface area contributed by atoms with Gasteiger partial charge in [0.15, 0.2) is 17.5 Å². The van der Waals surface area contributed by atoms with Gasteiger partial charge in [0.05, 0.1) is 44.7 Å². The quantitative estimate of drug-likeness (QED) is 0.132. The van der Waals surface area contributed by atoms with Gasteiger partial charge in [0.1, 0.15) is 11.5 Å². The predicted octanol–water partition coefficient (Wildman–Crippen LogP) is 9.00. The van der Waals surface area contributed by atoms with Crippen molar-refractivity contribution in [2.45, 2.75) is 6.92 Å². The minimum absolute atomic E-state index is 0.130. The summed E-state index contributed by atoms with van der Waals surface area (Å²) in [5, 5.41) is 1.52. The molecule has 0 radical (unpaired) electrons. The van der Waals surface area contributed by atoms with Crippen LogP contribution in [0.5, 0.6) is 11.5 Å². The molecule has 0 bridgehead atoms. The van der Waals surface area contributed by atoms with E-state index in [0.29, 0.717) is 27.8 Å². The van der Waals surface area contributed by atoms with E-state index < -0.39 is 41.1 Å². The van der Waals surface area contributed by atoms with Crippen molar-refractivity contribution in [3.63, 3.8) is 0 Å². The van der Waals surface area contributed by atoms with Crippen LogP contribution in [0.15, 0.2) is 109 Å². The summed E-state index contributed by atoms with van der Waals surface area (Å²) in [5.41, 5.74) is 4.72. The molecule has 2 aliphatic rings. The smallest absolute Gasteiger partial charge is 0.266 e. The van der Waals surface area contributed by atoms with Crippen molar-refractivity contribution >= 4 is 51.1 Å². The number of para-hydroxylation sites is 1. The standard InChI is InChI=1S/C42H24F3N3O5/c1-21-7-13-36-29(15-21)30-18-23(8-14-37(30)48(36)35-6-4-3-5-26(35)22-16-33(43)38(45)34(44)17-22)47-41(51)28-12-10-25(20-32(28)42(47)52)53-24-9-11-27-31(19-24)40(50)46(2)39(27)49/h3-20H,1-2H3. The number of amides is 4. The summed E-state index contributed by atoms with van der Waals surface area (Å²) in [6, 6.07) is 29.0. The molecule has 8 nitrogen and oxygen atoms in total. The number of ether oxygens (including phenoxy) is 1. The van der Waals surface area contributed by atoms with Crippen molar-refractivity contribution in [1.82, 2.24) is 9.47 Å². The lowest BCUT2D eigenvalue weighted by Gasteiger charge is -2.16. The molecule has 1 aromatic heterocycles. The number of anilines is 1. The molecule has 258 valence electrons. The maximum atomic E-state index is 14.4. The summed E-state index contributed by atoms with van der Waals surface area (Å²) in [6.45, 7) is 1.94. The normalized spacial score (nSPS) is 13.8. The van der Waals surface area contributed by atoms with Gasteiger partial charge >= 0.3 is 0 Å². The number of carbonyl (C=O) groups excluding carboxylic acids is 4. The second kappa shape index (κ2) is 11.5. The average Bonchev–Trinajstić information content (AvgIpc) is 3.69. The van der Waals surface area contributed by atoms with Gasteiger partial charge in [-0.05, 0) is 97.4 Å². The fourth-order valence-corrected chi connectivity index (χ4v) is 7.21. The molecule has 0 spiro atoms. The van der Waals surface area contributed by atoms with E-state index in [0.717, 1.165) is 38.4 Å². The number of aryl methyl sites for hydroxylation is 1. The first-order chi connectivity index (χ1) is 25.5. The summed E-state index contributed by atoms with van der Waals surface area (Å²) < 4.78 is 50.6. The lowest BCUT2D eigenvalue weighted by Crippen LogP contribution is -2.29. The average molecular weight is 708 g/mol. The second-order valence-electron chi connectivity index (χ2n) is 13.0. The molecule has 0 N–H and O–H groups in total. The van der Waals surface area contributed by atoms with Gasteiger partial charge in [-0.25, -0.2) is 18.1 Å². The van der Waals surface area contributed by atoms with E-state index in [9.17, 15) is 32.3 Å². The van der Waals surface area contributed by atoms with E-state index >= 15 is 0 Å². The van der Waals surface area contributed by atoms with Gasteiger partial charge in [-0.15, -0.1) is 0 Å². The van der Waals surface area contributed by atoms with Crippen LogP contribution in [0, 0.1) is 24.4 Å². The van der Waals surface area contributed by atoms with E-state index in [2.05, 4.69) is 0 Å². The fourth-order valence-electron chi connectivity index (χ4n) is 7.21. The summed E-state index contributed by atoms with van der Waals surface area (Å²) in [7, 11) is 1.40. The number of carbonyl (C=O) groups is 4. The second-order valence-corrected chi connectivity index (χ2v) is 13.0. The van der Waals surface area contributed by atoms with Gasteiger partial charge in [-0.1, -0.05) is 29.8 Å². The summed E-state index contributed by atoms with van der Waals surface area (Å²) in [5.74, 6) is -5.55. The first-order valence-corrected chi connectivity index (χ1v) is 16.5. The molecule has 2 aliphatic heterocycles. The third-order valence-electron chi connectivity index (χ3n) is 9.76. The minimum Gasteiger partial charge on any atom is -0.457 e. The van der Waals surface area contributed by atoms with E-state index in [1.807, 2.05) is 29.7 Å². The highest BCUT2D eigenvalue weighted by molar-refractivity contribution is 6.35. The number of nitrogens with zero attached hydrogens (tertiary/aromatic N) is 3. The number of hydrogen-bond acceptors (Lipinski definition) is 5. The van der Waals surface area contributed by atoms with Crippen LogP contribution in [-0.4, -0.2) is 40.1 Å². The van der Waals surface area contributed by atoms with E-state index in [-0.39, 0.29) is 39.3 Å². The number of aromatic nitrogens is 1. The van der Waals surface area contributed by atoms with Gasteiger partial charge < -0.3 is 9.30 Å². The zero-order valence-electron chi connectivity index (χ0n) is 27.9. The van der Waals surface area contributed by atoms with Gasteiger partial charge in [0, 0.05) is 23.4 Å². The van der Waals surface area contributed by atoms with Gasteiger partial charge in [0.2, 0.25) is 0 Å². The molecular weight excluding hydrogens is 683 g/mol. The van der Waals surface area contributed by atoms with Crippen molar-refractivity contribution in [2.24, 2.45) is 0 Å². The van der Waals surface area contributed by atoms with Crippen molar-refractivity contribution in [1.29, 1.82) is 0 Å². The van der Waals surface area contributed by atoms with Gasteiger partial charge in [-0.2, -0.15) is 0 Å². The van der Waals surface area contributed by atoms with Gasteiger partial charge in [0.25, 0.3) is 23.6 Å². The SMILES string of the molecule is Cc1ccc2c(c1)c1cc(N3C(=O)c4ccc(Oc5ccc6c(c5)C(=O)N(C)C6=O)cc4C3=O)ccc1n2-c1ccccc1-c1cc(F)c(F)c(F)c1. The fraction of sp³-hybridized carbons (Fsp3) is 0.0476. The Labute approximate surface area is 298 Å². The Morgan fingerprint density at radius 3 is 1.81 bits per heavy atom. The predicted molar refractivity (Wildman–Crippen MR) is 191 cm³/mol. The number of hydrogen-bond donors (Lipinski definition) is 0. The molecule has 7 aromatic rings. The van der Waals surface area contributed by atoms with Crippen LogP contribution in [-0.2, 0) is 0 Å². The number of fused-ring (bicyclic) bond motifs is 5. The molecule has 11 heteroatoms. The van der Waals surface area contributed by atoms with Crippen molar-refractivity contribution < 1.29 is 37.1 Å². The number of benzene rings is 6. The molecule has 0 saturated heterocycles. The molecule has 4 amide bonds. The molecule has 9 rings (SSSR count). The van der Waals surface area contributed by atoms with Gasteiger partial charge in [-0.3, -0.25) is 24.1 Å². The van der Waals surface area contributed by atoms with Crippen LogP contribution in [0.3, 0.4) is 0 Å². The first kappa shape index (κ1) is 31.9. The molecule has 53 heavy (non-hydrogen) atoms. The molecule has 0 saturated carbocycles. The molecular formula is C42H24F3N3O5. The Morgan fingerprint density at radius 2 is 1.11 bits per heavy atom. The maximum Gasteiger partial charge on any atom is 0.266 e. The van der Waals surface area contributed by atoms with Crippen molar-refractivity contribution in [3.8, 4) is 28.3 Å². The molecule has 0 fully saturated rings. The molecule has 0 atom stereocenters. The zero-order valence-corrected chi connectivity index (χ0v) is 27.9. The Bertz CT molecular complexity index is 2800. The van der Waals surface area contributed by atoms with E-state index in [1.165, 1.54) is 31.3 Å². The Hall–Kier alpha value is -7.01. The van der Waals surface area contributed by atoms with Crippen molar-refractivity contribution in [3.05, 3.63) is 154 Å². The van der Waals surface area contributed by atoms with Crippen LogP contribution in [0.25, 0.3) is 38.6 Å². The molecule has 6 aromatic carbocycles. The number of imide groups is 2. The van der Waals surface area contributed by atoms with Crippen LogP contribution >= 0.6 is 0 Å². The van der Waals surface area contributed by atoms with Crippen LogP contribution in [0.1, 0.15) is 47.0 Å². The molecule has 0 unspecified atom stereocenters. The lowest BCUT2D eigenvalue weighted by atomic mass is 10.0. The first-order valence-electron chi connectivity index (χ1n) is 16.5. The molecule has 0 aliphatic carbocycles. The van der Waals surface area contributed by atoms with Crippen LogP contribution in [0.4, 0.5) is 18.9 Å². The summed E-state index contributed by atoms with van der Waals surface area (Å²) in [4.78, 5) is 54.6. The lowest BCUT2D eigenvalue weighted by molar-refractivity contribution is 0.0692. The van der Waals surface area contributed by atoms with Crippen LogP contribution < -0.4 is 9.64 Å². The topological polar surface area (TPSA) is 88.9 Å². The number of rotatable bonds is 5. The minimum atomic E-state index is -1.55. The highest BCUT2D eigenvalue weighted by Gasteiger charge is 2.38. The largest absolute Gasteiger partial charge is 0.457 e. The molecule has 3 heterocycles. The monoisotopic (exact) mass is 707 g/mol. The highest BCUT2D eigenvalue weighted by atomic mass is 19.2. The number of halogens is 3. The van der Waals surface area contributed by atoms with E-state index in [4.69, 9.17) is 4.74 Å².